The van der Waals surface area contributed by atoms with Crippen molar-refractivity contribution in [2.24, 2.45) is 10.2 Å². The maximum atomic E-state index is 12.1. The third kappa shape index (κ3) is 2.88. The van der Waals surface area contributed by atoms with E-state index in [1.54, 1.807) is 18.2 Å². The number of hydrogen-bond acceptors (Lipinski definition) is 5. The third-order valence-corrected chi connectivity index (χ3v) is 3.70. The molecule has 0 spiro atoms. The van der Waals surface area contributed by atoms with Crippen molar-refractivity contribution in [3.63, 3.8) is 0 Å². The lowest BCUT2D eigenvalue weighted by Gasteiger charge is -2.00. The van der Waals surface area contributed by atoms with Crippen LogP contribution in [0.4, 0.5) is 11.4 Å². The number of carbonyl (C=O) groups is 1. The van der Waals surface area contributed by atoms with Crippen molar-refractivity contribution in [3.8, 4) is 11.6 Å². The highest BCUT2D eigenvalue weighted by molar-refractivity contribution is 9.10. The number of benzene rings is 2. The van der Waals surface area contributed by atoms with E-state index in [-0.39, 0.29) is 22.9 Å². The van der Waals surface area contributed by atoms with E-state index in [0.717, 1.165) is 4.47 Å². The van der Waals surface area contributed by atoms with Gasteiger partial charge in [-0.1, -0.05) is 15.9 Å². The number of nitrogens with two attached hydrogens (primary N) is 1. The molecule has 7 nitrogen and oxygen atoms in total. The Morgan fingerprint density at radius 1 is 1.17 bits per heavy atom. The number of amides is 1. The van der Waals surface area contributed by atoms with Crippen LogP contribution < -0.4 is 5.73 Å². The molecular weight excluding hydrogens is 364 g/mol. The quantitative estimate of drug-likeness (QED) is 0.308. The zero-order valence-corrected chi connectivity index (χ0v) is 13.2. The summed E-state index contributed by atoms with van der Waals surface area (Å²) < 4.78 is 0.792. The summed E-state index contributed by atoms with van der Waals surface area (Å²) in [5, 5.41) is 27.5. The molecule has 3 aromatic rings. The summed E-state index contributed by atoms with van der Waals surface area (Å²) in [5.74, 6) is -1.21. The Bertz CT molecular complexity index is 949. The van der Waals surface area contributed by atoms with Crippen LogP contribution >= 0.6 is 15.9 Å². The van der Waals surface area contributed by atoms with Gasteiger partial charge in [-0.2, -0.15) is 0 Å². The van der Waals surface area contributed by atoms with Crippen LogP contribution in [-0.2, 0) is 0 Å². The normalized spacial score (nSPS) is 11.3. The summed E-state index contributed by atoms with van der Waals surface area (Å²) in [5.41, 5.74) is 6.63. The highest BCUT2D eigenvalue weighted by atomic mass is 79.9. The number of azo groups is 1. The van der Waals surface area contributed by atoms with Crippen LogP contribution in [-0.4, -0.2) is 21.1 Å². The maximum absolute atomic E-state index is 12.1. The lowest BCUT2D eigenvalue weighted by atomic mass is 10.1. The number of rotatable bonds is 2. The molecule has 0 atom stereocenters. The number of nitrogens with one attached hydrogen (secondary N) is 1. The van der Waals surface area contributed by atoms with Crippen LogP contribution in [0.15, 0.2) is 51.1 Å². The Morgan fingerprint density at radius 3 is 2.74 bits per heavy atom. The summed E-state index contributed by atoms with van der Waals surface area (Å²) in [6.07, 6.45) is 0. The molecule has 1 heterocycles. The molecule has 0 bridgehead atoms. The second-order valence-electron chi connectivity index (χ2n) is 4.79. The molecule has 1 aromatic heterocycles. The third-order valence-electron chi connectivity index (χ3n) is 3.21. The first-order valence-electron chi connectivity index (χ1n) is 6.50. The Labute approximate surface area is 138 Å². The van der Waals surface area contributed by atoms with Gasteiger partial charge < -0.3 is 20.9 Å². The molecule has 1 amide bonds. The molecular formula is C15H11BrN4O3. The summed E-state index contributed by atoms with van der Waals surface area (Å²) in [7, 11) is 0. The van der Waals surface area contributed by atoms with Gasteiger partial charge in [0.25, 0.3) is 5.91 Å². The van der Waals surface area contributed by atoms with Gasteiger partial charge in [-0.25, -0.2) is 0 Å². The number of fused-ring (bicyclic) bond motifs is 1. The molecule has 0 saturated carbocycles. The summed E-state index contributed by atoms with van der Waals surface area (Å²) in [4.78, 5) is 14.8. The largest absolute Gasteiger partial charge is 0.507 e. The van der Waals surface area contributed by atoms with Gasteiger partial charge in [0, 0.05) is 15.5 Å². The van der Waals surface area contributed by atoms with Gasteiger partial charge in [0.05, 0.1) is 11.1 Å². The minimum Gasteiger partial charge on any atom is -0.507 e. The van der Waals surface area contributed by atoms with E-state index < -0.39 is 5.91 Å². The zero-order valence-electron chi connectivity index (χ0n) is 11.6. The molecule has 3 rings (SSSR count). The average molecular weight is 375 g/mol. The fourth-order valence-corrected chi connectivity index (χ4v) is 2.47. The molecule has 0 aliphatic rings. The van der Waals surface area contributed by atoms with Crippen molar-refractivity contribution < 1.29 is 15.0 Å². The van der Waals surface area contributed by atoms with Crippen molar-refractivity contribution in [2.75, 3.05) is 5.73 Å². The fourth-order valence-electron chi connectivity index (χ4n) is 2.11. The van der Waals surface area contributed by atoms with Gasteiger partial charge in [-0.3, -0.25) is 4.79 Å². The van der Waals surface area contributed by atoms with Gasteiger partial charge in [0.2, 0.25) is 5.88 Å². The van der Waals surface area contributed by atoms with Gasteiger partial charge in [0.1, 0.15) is 5.75 Å². The summed E-state index contributed by atoms with van der Waals surface area (Å²) in [6, 6.07) is 9.37. The number of nitrogen functional groups attached to an aromatic ring is 1. The van der Waals surface area contributed by atoms with E-state index in [1.165, 1.54) is 18.2 Å². The number of phenolic OH excluding ortho intramolecular Hbond substituents is 1. The van der Waals surface area contributed by atoms with Gasteiger partial charge in [-0.15, -0.1) is 10.2 Å². The van der Waals surface area contributed by atoms with Crippen molar-refractivity contribution >= 4 is 44.1 Å². The molecule has 0 fully saturated rings. The second kappa shape index (κ2) is 5.73. The number of H-pyrrole nitrogens is 1. The van der Waals surface area contributed by atoms with Gasteiger partial charge in [-0.05, 0) is 36.4 Å². The molecule has 116 valence electrons. The predicted octanol–water partition coefficient (Wildman–Crippen LogP) is 3.85. The molecule has 0 saturated heterocycles. The van der Waals surface area contributed by atoms with E-state index in [1.807, 2.05) is 0 Å². The van der Waals surface area contributed by atoms with Crippen LogP contribution in [0.5, 0.6) is 11.6 Å². The van der Waals surface area contributed by atoms with E-state index in [0.29, 0.717) is 16.6 Å². The second-order valence-corrected chi connectivity index (χ2v) is 5.71. The van der Waals surface area contributed by atoms with Crippen LogP contribution in [0, 0.1) is 0 Å². The van der Waals surface area contributed by atoms with Crippen molar-refractivity contribution in [3.05, 3.63) is 46.4 Å². The predicted molar refractivity (Wildman–Crippen MR) is 89.0 cm³/mol. The minimum atomic E-state index is -0.765. The summed E-state index contributed by atoms with van der Waals surface area (Å²) in [6.45, 7) is 0. The monoisotopic (exact) mass is 374 g/mol. The molecule has 5 N–H and O–H groups in total. The first-order valence-corrected chi connectivity index (χ1v) is 7.30. The van der Waals surface area contributed by atoms with Crippen LogP contribution in [0.25, 0.3) is 10.9 Å². The topological polar surface area (TPSA) is 124 Å². The Morgan fingerprint density at radius 2 is 1.96 bits per heavy atom. The van der Waals surface area contributed by atoms with Gasteiger partial charge >= 0.3 is 0 Å². The minimum absolute atomic E-state index is 0.0609. The molecule has 2 aromatic carbocycles. The van der Waals surface area contributed by atoms with Crippen LogP contribution in [0.1, 0.15) is 10.4 Å². The Balaban J connectivity index is 2.00. The van der Waals surface area contributed by atoms with Crippen molar-refractivity contribution in [1.29, 1.82) is 0 Å². The van der Waals surface area contributed by atoms with Crippen LogP contribution in [0.3, 0.4) is 0 Å². The smallest absolute Gasteiger partial charge is 0.299 e. The van der Waals surface area contributed by atoms with Crippen molar-refractivity contribution in [2.45, 2.75) is 0 Å². The van der Waals surface area contributed by atoms with E-state index >= 15 is 0 Å². The van der Waals surface area contributed by atoms with Gasteiger partial charge in [0.15, 0.2) is 5.69 Å². The first kappa shape index (κ1) is 15.0. The summed E-state index contributed by atoms with van der Waals surface area (Å²) >= 11 is 3.33. The Hall–Kier alpha value is -2.87. The standard InChI is InChI=1S/C15H11BrN4O3/c16-7-1-3-11-9(5-7)13(15(23)18-11)19-20-14(22)10-6-8(17)2-4-12(10)21/h1-6,18,21,23H,17H2. The van der Waals surface area contributed by atoms with E-state index in [4.69, 9.17) is 5.73 Å². The van der Waals surface area contributed by atoms with Crippen LogP contribution in [0.2, 0.25) is 0 Å². The number of anilines is 1. The highest BCUT2D eigenvalue weighted by Crippen LogP contribution is 2.37. The number of nitrogens with zero attached hydrogens (tertiary/aromatic N) is 2. The number of aromatic amines is 1. The number of halogens is 1. The molecule has 8 heteroatoms. The number of hydrogen-bond donors (Lipinski definition) is 4. The molecule has 0 unspecified atom stereocenters. The fraction of sp³-hybridized carbons (Fsp3) is 0. The van der Waals surface area contributed by atoms with E-state index in [9.17, 15) is 15.0 Å². The molecule has 23 heavy (non-hydrogen) atoms. The molecule has 0 radical (unpaired) electrons. The number of aromatic nitrogens is 1. The first-order chi connectivity index (χ1) is 11.0. The molecule has 0 aliphatic heterocycles. The lowest BCUT2D eigenvalue weighted by Crippen LogP contribution is -1.96. The maximum Gasteiger partial charge on any atom is 0.299 e. The van der Waals surface area contributed by atoms with E-state index in [2.05, 4.69) is 31.1 Å². The number of phenols is 1. The lowest BCUT2D eigenvalue weighted by molar-refractivity contribution is 0.0992. The number of aromatic hydroxyl groups is 2. The highest BCUT2D eigenvalue weighted by Gasteiger charge is 2.14. The molecule has 0 aliphatic carbocycles. The zero-order chi connectivity index (χ0) is 16.6. The van der Waals surface area contributed by atoms with Crippen molar-refractivity contribution in [1.82, 2.24) is 4.98 Å². The number of carbonyl (C=O) groups excluding carboxylic acids is 1. The Kier molecular flexibility index (Phi) is 3.75. The average Bonchev–Trinajstić information content (AvgIpc) is 2.82. The SMILES string of the molecule is Nc1ccc(O)c(C(=O)N=Nc2c(O)[nH]c3ccc(Br)cc23)c1.